The average Bonchev–Trinajstić information content (AvgIpc) is 3.15. The smallest absolute Gasteiger partial charge is 0.289 e. The Bertz CT molecular complexity index is 543. The molecule has 0 aromatic carbocycles. The summed E-state index contributed by atoms with van der Waals surface area (Å²) in [6, 6.07) is 0. The minimum Gasteiger partial charge on any atom is -0.435 e. The fourth-order valence-electron chi connectivity index (χ4n) is 3.67. The van der Waals surface area contributed by atoms with Gasteiger partial charge in [0.15, 0.2) is 5.89 Å². The number of aromatic nitrogens is 1. The van der Waals surface area contributed by atoms with Crippen molar-refractivity contribution in [2.45, 2.75) is 51.5 Å². The van der Waals surface area contributed by atoms with E-state index in [1.807, 2.05) is 13.8 Å². The number of aryl methyl sites for hydroxylation is 2. The highest BCUT2D eigenvalue weighted by Gasteiger charge is 2.38. The van der Waals surface area contributed by atoms with Crippen LogP contribution >= 0.6 is 0 Å². The van der Waals surface area contributed by atoms with Crippen LogP contribution in [0, 0.1) is 6.92 Å². The molecule has 1 saturated heterocycles. The highest BCUT2D eigenvalue weighted by atomic mass is 16.5. The van der Waals surface area contributed by atoms with Crippen molar-refractivity contribution in [3.63, 3.8) is 0 Å². The van der Waals surface area contributed by atoms with Gasteiger partial charge in [0.1, 0.15) is 0 Å². The average molecular weight is 321 g/mol. The number of hydrogen-bond donors (Lipinski definition) is 1. The summed E-state index contributed by atoms with van der Waals surface area (Å²) in [5, 5.41) is 3.28. The lowest BCUT2D eigenvalue weighted by molar-refractivity contribution is 0.0236. The van der Waals surface area contributed by atoms with Crippen molar-refractivity contribution in [3.8, 4) is 0 Å². The molecule has 1 aliphatic carbocycles. The highest BCUT2D eigenvalue weighted by molar-refractivity contribution is 5.93. The van der Waals surface area contributed by atoms with Gasteiger partial charge in [-0.3, -0.25) is 9.69 Å². The van der Waals surface area contributed by atoms with Crippen LogP contribution in [0.2, 0.25) is 0 Å². The van der Waals surface area contributed by atoms with E-state index in [0.717, 1.165) is 45.7 Å². The number of nitrogens with zero attached hydrogens (tertiary/aromatic N) is 2. The molecule has 1 aromatic heterocycles. The summed E-state index contributed by atoms with van der Waals surface area (Å²) in [6.07, 6.45) is 5.10. The van der Waals surface area contributed by atoms with E-state index in [2.05, 4.69) is 15.2 Å². The van der Waals surface area contributed by atoms with Crippen LogP contribution in [-0.2, 0) is 11.2 Å². The first-order valence-electron chi connectivity index (χ1n) is 8.71. The molecule has 0 spiro atoms. The Kier molecular flexibility index (Phi) is 5.02. The number of carbonyl (C=O) groups excluding carboxylic acids is 1. The Morgan fingerprint density at radius 3 is 2.61 bits per heavy atom. The van der Waals surface area contributed by atoms with Crippen LogP contribution in [0.1, 0.15) is 54.7 Å². The lowest BCUT2D eigenvalue weighted by Gasteiger charge is -2.37. The van der Waals surface area contributed by atoms with Crippen LogP contribution in [0.3, 0.4) is 0 Å². The van der Waals surface area contributed by atoms with Crippen molar-refractivity contribution in [2.24, 2.45) is 0 Å². The minimum absolute atomic E-state index is 0.121. The number of oxazole rings is 1. The summed E-state index contributed by atoms with van der Waals surface area (Å²) < 4.78 is 11.0. The molecular formula is C17H27N3O3. The van der Waals surface area contributed by atoms with E-state index in [0.29, 0.717) is 23.8 Å². The molecule has 0 atom stereocenters. The lowest BCUT2D eigenvalue weighted by atomic mass is 9.96. The molecule has 1 aromatic rings. The van der Waals surface area contributed by atoms with Gasteiger partial charge in [0.05, 0.1) is 24.4 Å². The third-order valence-corrected chi connectivity index (χ3v) is 4.92. The molecule has 1 N–H and O–H groups in total. The minimum atomic E-state index is -0.139. The van der Waals surface area contributed by atoms with Crippen molar-refractivity contribution in [3.05, 3.63) is 17.3 Å². The second-order valence-electron chi connectivity index (χ2n) is 6.71. The standard InChI is InChI=1S/C17H27N3O3/c1-3-14-18-13(2)15(23-14)16(21)19-17(6-4-5-7-17)12-20-8-10-22-11-9-20/h3-12H2,1-2H3,(H,19,21). The zero-order valence-electron chi connectivity index (χ0n) is 14.2. The highest BCUT2D eigenvalue weighted by Crippen LogP contribution is 2.31. The van der Waals surface area contributed by atoms with Gasteiger partial charge in [-0.05, 0) is 19.8 Å². The molecule has 128 valence electrons. The van der Waals surface area contributed by atoms with Gasteiger partial charge in [0.2, 0.25) is 5.76 Å². The first-order chi connectivity index (χ1) is 11.1. The maximum Gasteiger partial charge on any atom is 0.289 e. The zero-order valence-corrected chi connectivity index (χ0v) is 14.2. The second kappa shape index (κ2) is 7.01. The topological polar surface area (TPSA) is 67.6 Å². The van der Waals surface area contributed by atoms with Gasteiger partial charge in [-0.15, -0.1) is 0 Å². The fourth-order valence-corrected chi connectivity index (χ4v) is 3.67. The Balaban J connectivity index is 1.70. The van der Waals surface area contributed by atoms with Crippen LogP contribution in [0.4, 0.5) is 0 Å². The van der Waals surface area contributed by atoms with Gasteiger partial charge in [0, 0.05) is 26.1 Å². The first kappa shape index (κ1) is 16.5. The van der Waals surface area contributed by atoms with Crippen molar-refractivity contribution in [1.29, 1.82) is 0 Å². The summed E-state index contributed by atoms with van der Waals surface area (Å²) in [4.78, 5) is 19.4. The summed E-state index contributed by atoms with van der Waals surface area (Å²) in [5.41, 5.74) is 0.541. The van der Waals surface area contributed by atoms with Crippen molar-refractivity contribution in [1.82, 2.24) is 15.2 Å². The van der Waals surface area contributed by atoms with Crippen LogP contribution in [0.15, 0.2) is 4.42 Å². The third kappa shape index (κ3) is 3.75. The van der Waals surface area contributed by atoms with Crippen molar-refractivity contribution in [2.75, 3.05) is 32.8 Å². The molecule has 3 rings (SSSR count). The van der Waals surface area contributed by atoms with Gasteiger partial charge in [-0.2, -0.15) is 0 Å². The molecule has 2 fully saturated rings. The van der Waals surface area contributed by atoms with Crippen LogP contribution < -0.4 is 5.32 Å². The number of morpholine rings is 1. The Morgan fingerprint density at radius 1 is 1.30 bits per heavy atom. The van der Waals surface area contributed by atoms with E-state index in [1.54, 1.807) is 0 Å². The molecule has 23 heavy (non-hydrogen) atoms. The molecule has 2 heterocycles. The summed E-state index contributed by atoms with van der Waals surface area (Å²) in [6.45, 7) is 8.16. The Morgan fingerprint density at radius 2 is 2.00 bits per heavy atom. The number of rotatable bonds is 5. The predicted molar refractivity (Wildman–Crippen MR) is 86.5 cm³/mol. The van der Waals surface area contributed by atoms with Crippen LogP contribution in [0.25, 0.3) is 0 Å². The molecule has 1 amide bonds. The SMILES string of the molecule is CCc1nc(C)c(C(=O)NC2(CN3CCOCC3)CCCC2)o1. The molecule has 2 aliphatic rings. The van der Waals surface area contributed by atoms with Crippen LogP contribution in [0.5, 0.6) is 0 Å². The number of nitrogens with one attached hydrogen (secondary N) is 1. The van der Waals surface area contributed by atoms with E-state index in [9.17, 15) is 4.79 Å². The second-order valence-corrected chi connectivity index (χ2v) is 6.71. The Hall–Kier alpha value is -1.40. The number of carbonyl (C=O) groups is 1. The number of hydrogen-bond acceptors (Lipinski definition) is 5. The molecule has 0 radical (unpaired) electrons. The van der Waals surface area contributed by atoms with Gasteiger partial charge < -0.3 is 14.5 Å². The maximum atomic E-state index is 12.7. The predicted octanol–water partition coefficient (Wildman–Crippen LogP) is 1.92. The molecule has 1 saturated carbocycles. The van der Waals surface area contributed by atoms with Crippen LogP contribution in [-0.4, -0.2) is 54.2 Å². The van der Waals surface area contributed by atoms with Gasteiger partial charge in [0.25, 0.3) is 5.91 Å². The number of amides is 1. The fraction of sp³-hybridized carbons (Fsp3) is 0.765. The normalized spacial score (nSPS) is 21.5. The zero-order chi connectivity index (χ0) is 16.3. The molecular weight excluding hydrogens is 294 g/mol. The quantitative estimate of drug-likeness (QED) is 0.897. The molecule has 1 aliphatic heterocycles. The van der Waals surface area contributed by atoms with E-state index in [-0.39, 0.29) is 11.4 Å². The van der Waals surface area contributed by atoms with E-state index >= 15 is 0 Å². The largest absolute Gasteiger partial charge is 0.435 e. The van der Waals surface area contributed by atoms with Crippen molar-refractivity contribution >= 4 is 5.91 Å². The molecule has 0 unspecified atom stereocenters. The summed E-state index contributed by atoms with van der Waals surface area (Å²) in [7, 11) is 0. The third-order valence-electron chi connectivity index (χ3n) is 4.92. The molecule has 6 heteroatoms. The molecule has 6 nitrogen and oxygen atoms in total. The van der Waals surface area contributed by atoms with Gasteiger partial charge in [-0.1, -0.05) is 19.8 Å². The Labute approximate surface area is 137 Å². The summed E-state index contributed by atoms with van der Waals surface area (Å²) >= 11 is 0. The van der Waals surface area contributed by atoms with E-state index < -0.39 is 0 Å². The van der Waals surface area contributed by atoms with Gasteiger partial charge >= 0.3 is 0 Å². The van der Waals surface area contributed by atoms with E-state index in [4.69, 9.17) is 9.15 Å². The molecule has 0 bridgehead atoms. The first-order valence-corrected chi connectivity index (χ1v) is 8.71. The monoisotopic (exact) mass is 321 g/mol. The summed E-state index contributed by atoms with van der Waals surface area (Å²) in [5.74, 6) is 0.876. The maximum absolute atomic E-state index is 12.7. The van der Waals surface area contributed by atoms with Gasteiger partial charge in [-0.25, -0.2) is 4.98 Å². The number of ether oxygens (including phenoxy) is 1. The lowest BCUT2D eigenvalue weighted by Crippen LogP contribution is -2.55. The van der Waals surface area contributed by atoms with Crippen molar-refractivity contribution < 1.29 is 13.9 Å². The van der Waals surface area contributed by atoms with E-state index in [1.165, 1.54) is 12.8 Å².